The van der Waals surface area contributed by atoms with Crippen LogP contribution in [0.5, 0.6) is 5.75 Å². The minimum Gasteiger partial charge on any atom is -0.494 e. The predicted molar refractivity (Wildman–Crippen MR) is 116 cm³/mol. The Bertz CT molecular complexity index is 753. The van der Waals surface area contributed by atoms with Crippen molar-refractivity contribution in [3.05, 3.63) is 29.8 Å². The van der Waals surface area contributed by atoms with E-state index >= 15 is 0 Å². The maximum Gasteiger partial charge on any atom is 0.414 e. The van der Waals surface area contributed by atoms with Crippen LogP contribution in [0.1, 0.15) is 36.0 Å². The minimum absolute atomic E-state index is 0.0828. The molecule has 0 aromatic heterocycles. The first-order chi connectivity index (χ1) is 15.4. The SMILES string of the molecule is O=C(O)C(=O)O.O=C(c1ccc(OCCCN2CC3CCCC3C2)cc1)N1CCOCC1. The van der Waals surface area contributed by atoms with Crippen molar-refractivity contribution in [2.24, 2.45) is 11.8 Å². The van der Waals surface area contributed by atoms with Crippen molar-refractivity contribution >= 4 is 17.8 Å². The van der Waals surface area contributed by atoms with E-state index in [1.807, 2.05) is 29.2 Å². The quantitative estimate of drug-likeness (QED) is 0.500. The van der Waals surface area contributed by atoms with E-state index in [-0.39, 0.29) is 5.91 Å². The van der Waals surface area contributed by atoms with Crippen LogP contribution in [0.25, 0.3) is 0 Å². The highest BCUT2D eigenvalue weighted by Crippen LogP contribution is 2.37. The zero-order chi connectivity index (χ0) is 22.9. The Kier molecular flexibility index (Phi) is 8.87. The van der Waals surface area contributed by atoms with E-state index in [1.54, 1.807) is 0 Å². The number of hydrogen-bond donors (Lipinski definition) is 2. The van der Waals surface area contributed by atoms with Gasteiger partial charge in [-0.05, 0) is 55.4 Å². The van der Waals surface area contributed by atoms with Crippen LogP contribution in [-0.2, 0) is 14.3 Å². The van der Waals surface area contributed by atoms with Gasteiger partial charge in [0, 0.05) is 38.3 Å². The van der Waals surface area contributed by atoms with E-state index in [0.717, 1.165) is 42.7 Å². The number of fused-ring (bicyclic) bond motifs is 1. The van der Waals surface area contributed by atoms with Gasteiger partial charge < -0.3 is 29.5 Å². The normalized spacial score (nSPS) is 22.6. The van der Waals surface area contributed by atoms with Crippen LogP contribution in [0, 0.1) is 11.8 Å². The first-order valence-electron chi connectivity index (χ1n) is 11.2. The van der Waals surface area contributed by atoms with Crippen LogP contribution in [0.15, 0.2) is 24.3 Å². The molecule has 1 amide bonds. The molecule has 0 radical (unpaired) electrons. The van der Waals surface area contributed by atoms with Crippen LogP contribution in [0.2, 0.25) is 0 Å². The van der Waals surface area contributed by atoms with Gasteiger partial charge in [-0.15, -0.1) is 0 Å². The van der Waals surface area contributed by atoms with Crippen LogP contribution in [0.3, 0.4) is 0 Å². The van der Waals surface area contributed by atoms with Crippen LogP contribution < -0.4 is 4.74 Å². The summed E-state index contributed by atoms with van der Waals surface area (Å²) in [5.74, 6) is -0.786. The molecule has 2 aliphatic heterocycles. The molecule has 2 N–H and O–H groups in total. The van der Waals surface area contributed by atoms with Crippen molar-refractivity contribution in [3.8, 4) is 5.75 Å². The summed E-state index contributed by atoms with van der Waals surface area (Å²) in [7, 11) is 0. The van der Waals surface area contributed by atoms with Crippen LogP contribution >= 0.6 is 0 Å². The Labute approximate surface area is 187 Å². The fraction of sp³-hybridized carbons (Fsp3) is 0.609. The first kappa shape index (κ1) is 24.0. The van der Waals surface area contributed by atoms with E-state index in [9.17, 15) is 4.79 Å². The molecule has 0 spiro atoms. The summed E-state index contributed by atoms with van der Waals surface area (Å²) in [5, 5.41) is 14.8. The van der Waals surface area contributed by atoms with E-state index in [1.165, 1.54) is 32.4 Å². The Balaban J connectivity index is 0.000000427. The summed E-state index contributed by atoms with van der Waals surface area (Å²) >= 11 is 0. The predicted octanol–water partition coefficient (Wildman–Crippen LogP) is 1.82. The molecule has 9 nitrogen and oxygen atoms in total. The number of nitrogens with zero attached hydrogens (tertiary/aromatic N) is 2. The summed E-state index contributed by atoms with van der Waals surface area (Å²) in [6.45, 7) is 7.08. The lowest BCUT2D eigenvalue weighted by atomic mass is 10.0. The average Bonchev–Trinajstić information content (AvgIpc) is 3.40. The smallest absolute Gasteiger partial charge is 0.414 e. The molecule has 1 aromatic rings. The third-order valence-electron chi connectivity index (χ3n) is 6.27. The maximum atomic E-state index is 12.4. The van der Waals surface area contributed by atoms with Gasteiger partial charge in [-0.1, -0.05) is 6.42 Å². The van der Waals surface area contributed by atoms with Gasteiger partial charge in [0.25, 0.3) is 5.91 Å². The van der Waals surface area contributed by atoms with Gasteiger partial charge in [0.05, 0.1) is 19.8 Å². The number of carbonyl (C=O) groups excluding carboxylic acids is 1. The summed E-state index contributed by atoms with van der Waals surface area (Å²) in [4.78, 5) is 35.1. The van der Waals surface area contributed by atoms with Crippen molar-refractivity contribution in [1.82, 2.24) is 9.80 Å². The maximum absolute atomic E-state index is 12.4. The van der Waals surface area contributed by atoms with E-state index in [0.29, 0.717) is 26.3 Å². The fourth-order valence-corrected chi connectivity index (χ4v) is 4.64. The number of carboxylic acids is 2. The molecule has 1 aliphatic carbocycles. The number of rotatable bonds is 6. The molecule has 2 heterocycles. The Morgan fingerprint density at radius 2 is 1.56 bits per heavy atom. The lowest BCUT2D eigenvalue weighted by Gasteiger charge is -2.26. The molecule has 2 atom stereocenters. The molecule has 2 unspecified atom stereocenters. The molecule has 0 bridgehead atoms. The summed E-state index contributed by atoms with van der Waals surface area (Å²) < 4.78 is 11.2. The molecule has 3 fully saturated rings. The largest absolute Gasteiger partial charge is 0.494 e. The molecule has 4 rings (SSSR count). The highest BCUT2D eigenvalue weighted by Gasteiger charge is 2.35. The van der Waals surface area contributed by atoms with Gasteiger partial charge in [-0.25, -0.2) is 9.59 Å². The molecule has 1 saturated carbocycles. The second-order valence-corrected chi connectivity index (χ2v) is 8.45. The molecule has 3 aliphatic rings. The second kappa shape index (κ2) is 11.8. The summed E-state index contributed by atoms with van der Waals surface area (Å²) in [6, 6.07) is 7.56. The standard InChI is InChI=1S/C21H30N2O3.C2H2O4/c24-21(23-10-13-25-14-11-23)17-5-7-20(8-6-17)26-12-2-9-22-15-18-3-1-4-19(18)16-22;3-1(4)2(5)6/h5-8,18-19H,1-4,9-16H2;(H,3,4)(H,5,6). The number of hydrogen-bond acceptors (Lipinski definition) is 6. The minimum atomic E-state index is -1.82. The fourth-order valence-electron chi connectivity index (χ4n) is 4.64. The monoisotopic (exact) mass is 448 g/mol. The number of morpholine rings is 1. The summed E-state index contributed by atoms with van der Waals surface area (Å²) in [6.07, 6.45) is 5.38. The molecule has 2 saturated heterocycles. The lowest BCUT2D eigenvalue weighted by molar-refractivity contribution is -0.159. The third kappa shape index (κ3) is 6.93. The zero-order valence-electron chi connectivity index (χ0n) is 18.3. The Hall–Kier alpha value is -2.65. The number of benzene rings is 1. The lowest BCUT2D eigenvalue weighted by Crippen LogP contribution is -2.40. The van der Waals surface area contributed by atoms with Gasteiger partial charge in [0.1, 0.15) is 5.75 Å². The van der Waals surface area contributed by atoms with Gasteiger partial charge in [0.2, 0.25) is 0 Å². The van der Waals surface area contributed by atoms with Crippen molar-refractivity contribution in [2.45, 2.75) is 25.7 Å². The number of likely N-dealkylation sites (tertiary alicyclic amines) is 1. The van der Waals surface area contributed by atoms with Crippen LogP contribution in [0.4, 0.5) is 0 Å². The summed E-state index contributed by atoms with van der Waals surface area (Å²) in [5.41, 5.74) is 0.725. The molecule has 176 valence electrons. The number of ether oxygens (including phenoxy) is 2. The number of aliphatic carboxylic acids is 2. The van der Waals surface area contributed by atoms with Crippen molar-refractivity contribution in [2.75, 3.05) is 52.5 Å². The first-order valence-corrected chi connectivity index (χ1v) is 11.2. The van der Waals surface area contributed by atoms with Crippen molar-refractivity contribution in [1.29, 1.82) is 0 Å². The number of carbonyl (C=O) groups is 3. The van der Waals surface area contributed by atoms with Gasteiger partial charge in [-0.2, -0.15) is 0 Å². The second-order valence-electron chi connectivity index (χ2n) is 8.45. The van der Waals surface area contributed by atoms with E-state index < -0.39 is 11.9 Å². The van der Waals surface area contributed by atoms with E-state index in [4.69, 9.17) is 29.3 Å². The van der Waals surface area contributed by atoms with Gasteiger partial charge in [0.15, 0.2) is 0 Å². The highest BCUT2D eigenvalue weighted by atomic mass is 16.5. The molecule has 1 aromatic carbocycles. The Morgan fingerprint density at radius 1 is 0.969 bits per heavy atom. The van der Waals surface area contributed by atoms with Gasteiger partial charge in [-0.3, -0.25) is 4.79 Å². The van der Waals surface area contributed by atoms with Crippen molar-refractivity contribution < 1.29 is 34.1 Å². The average molecular weight is 449 g/mol. The van der Waals surface area contributed by atoms with Gasteiger partial charge >= 0.3 is 11.9 Å². The number of amides is 1. The third-order valence-corrected chi connectivity index (χ3v) is 6.27. The number of carboxylic acid groups (broad SMARTS) is 2. The Morgan fingerprint density at radius 3 is 2.12 bits per heavy atom. The zero-order valence-corrected chi connectivity index (χ0v) is 18.3. The molecule has 9 heteroatoms. The van der Waals surface area contributed by atoms with E-state index in [2.05, 4.69) is 4.90 Å². The highest BCUT2D eigenvalue weighted by molar-refractivity contribution is 6.27. The topological polar surface area (TPSA) is 117 Å². The molecule has 32 heavy (non-hydrogen) atoms. The van der Waals surface area contributed by atoms with Crippen molar-refractivity contribution in [3.63, 3.8) is 0 Å². The molecular formula is C23H32N2O7. The molecular weight excluding hydrogens is 416 g/mol. The van der Waals surface area contributed by atoms with Crippen LogP contribution in [-0.4, -0.2) is 90.4 Å².